The number of carbonyl (C=O) groups is 2. The topological polar surface area (TPSA) is 57.6 Å². The van der Waals surface area contributed by atoms with Crippen LogP contribution >= 0.6 is 0 Å². The van der Waals surface area contributed by atoms with Gasteiger partial charge in [-0.2, -0.15) is 0 Å². The largest absolute Gasteiger partial charge is 0.507 e. The number of para-hydroxylation sites is 1. The van der Waals surface area contributed by atoms with Crippen LogP contribution in [0.1, 0.15) is 22.7 Å². The van der Waals surface area contributed by atoms with E-state index in [2.05, 4.69) is 0 Å². The van der Waals surface area contributed by atoms with Crippen molar-refractivity contribution in [3.63, 3.8) is 0 Å². The van der Waals surface area contributed by atoms with E-state index >= 15 is 0 Å². The van der Waals surface area contributed by atoms with Crippen LogP contribution in [-0.4, -0.2) is 16.8 Å². The number of aliphatic hydroxyl groups is 1. The van der Waals surface area contributed by atoms with E-state index in [4.69, 9.17) is 0 Å². The third-order valence-corrected chi connectivity index (χ3v) is 4.99. The first-order valence-corrected chi connectivity index (χ1v) is 9.16. The predicted octanol–water partition coefficient (Wildman–Crippen LogP) is 4.76. The average molecular weight is 387 g/mol. The van der Waals surface area contributed by atoms with Gasteiger partial charge in [0.05, 0.1) is 11.6 Å². The molecule has 144 valence electrons. The van der Waals surface area contributed by atoms with Gasteiger partial charge in [-0.05, 0) is 36.8 Å². The number of ketones is 1. The summed E-state index contributed by atoms with van der Waals surface area (Å²) >= 11 is 0. The molecule has 1 atom stereocenters. The Morgan fingerprint density at radius 3 is 2.14 bits per heavy atom. The Morgan fingerprint density at radius 1 is 0.897 bits per heavy atom. The number of anilines is 1. The Morgan fingerprint density at radius 2 is 1.52 bits per heavy atom. The van der Waals surface area contributed by atoms with E-state index in [0.717, 1.165) is 5.56 Å². The van der Waals surface area contributed by atoms with Gasteiger partial charge < -0.3 is 5.11 Å². The van der Waals surface area contributed by atoms with Gasteiger partial charge in [0.2, 0.25) is 0 Å². The van der Waals surface area contributed by atoms with Crippen LogP contribution in [-0.2, 0) is 9.59 Å². The minimum atomic E-state index is -0.862. The molecule has 1 fully saturated rings. The predicted molar refractivity (Wildman–Crippen MR) is 109 cm³/mol. The number of halogens is 1. The van der Waals surface area contributed by atoms with Crippen molar-refractivity contribution in [3.05, 3.63) is 107 Å². The molecule has 5 heteroatoms. The van der Waals surface area contributed by atoms with Gasteiger partial charge in [0.1, 0.15) is 11.6 Å². The highest BCUT2D eigenvalue weighted by Gasteiger charge is 2.46. The van der Waals surface area contributed by atoms with E-state index < -0.39 is 23.5 Å². The molecule has 1 heterocycles. The zero-order chi connectivity index (χ0) is 20.5. The van der Waals surface area contributed by atoms with Crippen molar-refractivity contribution in [1.82, 2.24) is 0 Å². The third kappa shape index (κ3) is 3.31. The molecule has 1 saturated heterocycles. The van der Waals surface area contributed by atoms with E-state index in [1.165, 1.54) is 29.2 Å². The van der Waals surface area contributed by atoms with Crippen LogP contribution in [0.4, 0.5) is 10.1 Å². The van der Waals surface area contributed by atoms with Gasteiger partial charge in [-0.15, -0.1) is 0 Å². The first-order chi connectivity index (χ1) is 14.0. The molecule has 0 saturated carbocycles. The van der Waals surface area contributed by atoms with Gasteiger partial charge >= 0.3 is 0 Å². The lowest BCUT2D eigenvalue weighted by Crippen LogP contribution is -2.29. The van der Waals surface area contributed by atoms with Gasteiger partial charge in [-0.1, -0.05) is 60.2 Å². The molecule has 4 nitrogen and oxygen atoms in total. The monoisotopic (exact) mass is 387 g/mol. The maximum Gasteiger partial charge on any atom is 0.300 e. The highest BCUT2D eigenvalue weighted by atomic mass is 19.1. The molecule has 3 aromatic rings. The summed E-state index contributed by atoms with van der Waals surface area (Å²) in [4.78, 5) is 27.2. The lowest BCUT2D eigenvalue weighted by Gasteiger charge is -2.25. The lowest BCUT2D eigenvalue weighted by molar-refractivity contribution is -0.132. The molecule has 0 bridgehead atoms. The molecule has 0 aromatic heterocycles. The molecule has 0 aliphatic carbocycles. The molecule has 0 unspecified atom stereocenters. The minimum Gasteiger partial charge on any atom is -0.507 e. The molecule has 1 amide bonds. The van der Waals surface area contributed by atoms with Crippen LogP contribution in [0.5, 0.6) is 0 Å². The standard InChI is InChI=1S/C24H18FNO3/c1-15-7-9-17(10-8-15)22(27)20-21(16-11-13-18(25)14-12-16)26(24(29)23(20)28)19-5-3-2-4-6-19/h2-14,21,27H,1H3/t21-/m0/s1. The SMILES string of the molecule is Cc1ccc(C(O)=C2C(=O)C(=O)N(c3ccccc3)[C@H]2c2ccc(F)cc2)cc1. The van der Waals surface area contributed by atoms with Crippen LogP contribution < -0.4 is 4.90 Å². The molecule has 1 N–H and O–H groups in total. The average Bonchev–Trinajstić information content (AvgIpc) is 3.00. The number of aryl methyl sites for hydroxylation is 1. The second-order valence-corrected chi connectivity index (χ2v) is 6.92. The van der Waals surface area contributed by atoms with Gasteiger partial charge in [0.15, 0.2) is 0 Å². The zero-order valence-electron chi connectivity index (χ0n) is 15.7. The third-order valence-electron chi connectivity index (χ3n) is 4.99. The van der Waals surface area contributed by atoms with Gasteiger partial charge in [0, 0.05) is 11.3 Å². The fraction of sp³-hybridized carbons (Fsp3) is 0.0833. The van der Waals surface area contributed by atoms with Crippen LogP contribution in [0.25, 0.3) is 5.76 Å². The quantitative estimate of drug-likeness (QED) is 0.400. The Kier molecular flexibility index (Phi) is 4.72. The Balaban J connectivity index is 1.94. The zero-order valence-corrected chi connectivity index (χ0v) is 15.7. The molecule has 3 aromatic carbocycles. The first kappa shape index (κ1) is 18.6. The van der Waals surface area contributed by atoms with E-state index in [-0.39, 0.29) is 11.3 Å². The molecular formula is C24H18FNO3. The van der Waals surface area contributed by atoms with Crippen molar-refractivity contribution in [1.29, 1.82) is 0 Å². The Hall–Kier alpha value is -3.73. The highest BCUT2D eigenvalue weighted by Crippen LogP contribution is 2.42. The number of amides is 1. The number of nitrogens with zero attached hydrogens (tertiary/aromatic N) is 1. The van der Waals surface area contributed by atoms with Crippen molar-refractivity contribution in [2.24, 2.45) is 0 Å². The second-order valence-electron chi connectivity index (χ2n) is 6.92. The van der Waals surface area contributed by atoms with Crippen molar-refractivity contribution < 1.29 is 19.1 Å². The molecule has 1 aliphatic heterocycles. The molecule has 0 spiro atoms. The maximum absolute atomic E-state index is 13.5. The number of Topliss-reactive ketones (excluding diaryl/α,β-unsaturated/α-hetero) is 1. The lowest BCUT2D eigenvalue weighted by atomic mass is 9.95. The molecule has 4 rings (SSSR count). The number of aliphatic hydroxyl groups excluding tert-OH is 1. The highest BCUT2D eigenvalue weighted by molar-refractivity contribution is 6.51. The number of hydrogen-bond donors (Lipinski definition) is 1. The van der Waals surface area contributed by atoms with Gasteiger partial charge in [-0.3, -0.25) is 14.5 Å². The number of rotatable bonds is 3. The summed E-state index contributed by atoms with van der Waals surface area (Å²) in [5.74, 6) is -2.19. The van der Waals surface area contributed by atoms with Crippen molar-refractivity contribution >= 4 is 23.1 Å². The van der Waals surface area contributed by atoms with Crippen molar-refractivity contribution in [2.75, 3.05) is 4.90 Å². The Bertz CT molecular complexity index is 1100. The number of benzene rings is 3. The van der Waals surface area contributed by atoms with Gasteiger partial charge in [-0.25, -0.2) is 4.39 Å². The first-order valence-electron chi connectivity index (χ1n) is 9.16. The number of hydrogen-bond acceptors (Lipinski definition) is 3. The second kappa shape index (κ2) is 7.36. The fourth-order valence-electron chi connectivity index (χ4n) is 3.51. The summed E-state index contributed by atoms with van der Waals surface area (Å²) < 4.78 is 13.5. The summed E-state index contributed by atoms with van der Waals surface area (Å²) in [5, 5.41) is 11.0. The van der Waals surface area contributed by atoms with E-state index in [0.29, 0.717) is 16.8 Å². The van der Waals surface area contributed by atoms with Crippen LogP contribution in [0.2, 0.25) is 0 Å². The van der Waals surface area contributed by atoms with Crippen LogP contribution in [0.15, 0.2) is 84.4 Å². The molecule has 1 aliphatic rings. The minimum absolute atomic E-state index is 0.0192. The summed E-state index contributed by atoms with van der Waals surface area (Å²) in [6.07, 6.45) is 0. The smallest absolute Gasteiger partial charge is 0.300 e. The van der Waals surface area contributed by atoms with E-state index in [9.17, 15) is 19.1 Å². The van der Waals surface area contributed by atoms with Crippen molar-refractivity contribution in [2.45, 2.75) is 13.0 Å². The summed E-state index contributed by atoms with van der Waals surface area (Å²) in [5.41, 5.74) is 2.47. The molecule has 29 heavy (non-hydrogen) atoms. The van der Waals surface area contributed by atoms with E-state index in [1.54, 1.807) is 42.5 Å². The van der Waals surface area contributed by atoms with Crippen molar-refractivity contribution in [3.8, 4) is 0 Å². The summed E-state index contributed by atoms with van der Waals surface area (Å²) in [6, 6.07) is 20.5. The van der Waals surface area contributed by atoms with E-state index in [1.807, 2.05) is 19.1 Å². The maximum atomic E-state index is 13.5. The van der Waals surface area contributed by atoms with Gasteiger partial charge in [0.25, 0.3) is 11.7 Å². The summed E-state index contributed by atoms with van der Waals surface area (Å²) in [6.45, 7) is 1.91. The van der Waals surface area contributed by atoms with Crippen LogP contribution in [0.3, 0.4) is 0 Å². The molecular weight excluding hydrogens is 369 g/mol. The normalized spacial score (nSPS) is 18.3. The number of carbonyl (C=O) groups excluding carboxylic acids is 2. The van der Waals surface area contributed by atoms with Crippen LogP contribution in [0, 0.1) is 12.7 Å². The Labute approximate surface area is 167 Å². The summed E-state index contributed by atoms with van der Waals surface area (Å²) in [7, 11) is 0. The molecule has 0 radical (unpaired) electrons. The fourth-order valence-corrected chi connectivity index (χ4v) is 3.51.